The Morgan fingerprint density at radius 1 is 1.53 bits per heavy atom. The number of hydrogen-bond donors (Lipinski definition) is 1. The van der Waals surface area contributed by atoms with Gasteiger partial charge < -0.3 is 5.73 Å². The van der Waals surface area contributed by atoms with Gasteiger partial charge in [-0.05, 0) is 41.2 Å². The summed E-state index contributed by atoms with van der Waals surface area (Å²) in [4.78, 5) is 12.2. The fourth-order valence-electron chi connectivity index (χ4n) is 2.32. The molecule has 1 aromatic rings. The summed E-state index contributed by atoms with van der Waals surface area (Å²) in [5.41, 5.74) is 6.53. The van der Waals surface area contributed by atoms with Crippen molar-refractivity contribution in [1.82, 2.24) is 0 Å². The fourth-order valence-corrected chi connectivity index (χ4v) is 3.80. The van der Waals surface area contributed by atoms with Gasteiger partial charge in [0.1, 0.15) is 0 Å². The highest BCUT2D eigenvalue weighted by Gasteiger charge is 2.33. The minimum atomic E-state index is 0.154. The van der Waals surface area contributed by atoms with E-state index in [0.29, 0.717) is 12.5 Å². The van der Waals surface area contributed by atoms with E-state index in [0.717, 1.165) is 29.3 Å². The maximum Gasteiger partial charge on any atom is 0.168 e. The van der Waals surface area contributed by atoms with Crippen LogP contribution in [0.3, 0.4) is 0 Å². The maximum absolute atomic E-state index is 12.2. The number of carbonyl (C=O) groups excluding carboxylic acids is 1. The number of Topliss-reactive ketones (excluding diaryl/α,β-unsaturated/α-hetero) is 1. The van der Waals surface area contributed by atoms with Gasteiger partial charge in [-0.3, -0.25) is 4.79 Å². The summed E-state index contributed by atoms with van der Waals surface area (Å²) >= 11 is 4.98. The molecule has 15 heavy (non-hydrogen) atoms. The van der Waals surface area contributed by atoms with Crippen molar-refractivity contribution in [2.45, 2.75) is 19.3 Å². The standard InChI is InChI=1S/C11H14BrNOS/c12-10-6-15-5-9(10)11(14)8-3-1-2-7(8)4-13/h5-8H,1-4,13H2/t7-,8-/m0/s1. The minimum Gasteiger partial charge on any atom is -0.330 e. The summed E-state index contributed by atoms with van der Waals surface area (Å²) in [5.74, 6) is 0.821. The van der Waals surface area contributed by atoms with E-state index in [1.165, 1.54) is 0 Å². The Bertz CT molecular complexity index is 363. The van der Waals surface area contributed by atoms with Gasteiger partial charge in [0.25, 0.3) is 0 Å². The first-order valence-corrected chi connectivity index (χ1v) is 6.93. The van der Waals surface area contributed by atoms with Crippen molar-refractivity contribution in [2.75, 3.05) is 6.54 Å². The second-order valence-corrected chi connectivity index (χ2v) is 5.63. The lowest BCUT2D eigenvalue weighted by Crippen LogP contribution is -2.25. The molecule has 0 spiro atoms. The van der Waals surface area contributed by atoms with E-state index in [2.05, 4.69) is 15.9 Å². The van der Waals surface area contributed by atoms with Gasteiger partial charge in [0.15, 0.2) is 5.78 Å². The Morgan fingerprint density at radius 2 is 2.33 bits per heavy atom. The van der Waals surface area contributed by atoms with Crippen molar-refractivity contribution in [3.63, 3.8) is 0 Å². The lowest BCUT2D eigenvalue weighted by atomic mass is 9.89. The molecule has 2 N–H and O–H groups in total. The van der Waals surface area contributed by atoms with E-state index in [-0.39, 0.29) is 11.7 Å². The van der Waals surface area contributed by atoms with Crippen molar-refractivity contribution < 1.29 is 4.79 Å². The molecule has 0 bridgehead atoms. The molecule has 1 aliphatic rings. The van der Waals surface area contributed by atoms with E-state index >= 15 is 0 Å². The predicted molar refractivity (Wildman–Crippen MR) is 66.2 cm³/mol. The summed E-state index contributed by atoms with van der Waals surface area (Å²) in [6, 6.07) is 0. The van der Waals surface area contributed by atoms with Gasteiger partial charge in [0.05, 0.1) is 0 Å². The number of carbonyl (C=O) groups is 1. The molecule has 2 rings (SSSR count). The largest absolute Gasteiger partial charge is 0.330 e. The van der Waals surface area contributed by atoms with E-state index in [4.69, 9.17) is 5.73 Å². The van der Waals surface area contributed by atoms with E-state index < -0.39 is 0 Å². The molecule has 4 heteroatoms. The SMILES string of the molecule is NC[C@@H]1CCC[C@@H]1C(=O)c1cscc1Br. The summed E-state index contributed by atoms with van der Waals surface area (Å²) in [5, 5.41) is 3.89. The Kier molecular flexibility index (Phi) is 3.59. The summed E-state index contributed by atoms with van der Waals surface area (Å²) in [6.45, 7) is 0.637. The lowest BCUT2D eigenvalue weighted by molar-refractivity contribution is 0.0893. The van der Waals surface area contributed by atoms with E-state index in [1.54, 1.807) is 11.3 Å². The van der Waals surface area contributed by atoms with Gasteiger partial charge in [0, 0.05) is 26.7 Å². The second kappa shape index (κ2) is 4.76. The predicted octanol–water partition coefficient (Wildman–Crippen LogP) is 3.07. The molecular formula is C11H14BrNOS. The van der Waals surface area contributed by atoms with Crippen LogP contribution in [0.2, 0.25) is 0 Å². The van der Waals surface area contributed by atoms with Crippen LogP contribution >= 0.6 is 27.3 Å². The zero-order chi connectivity index (χ0) is 10.8. The smallest absolute Gasteiger partial charge is 0.168 e. The fraction of sp³-hybridized carbons (Fsp3) is 0.545. The molecule has 2 nitrogen and oxygen atoms in total. The van der Waals surface area contributed by atoms with Crippen LogP contribution in [0.25, 0.3) is 0 Å². The molecule has 1 fully saturated rings. The molecule has 0 amide bonds. The van der Waals surface area contributed by atoms with Crippen LogP contribution in [-0.4, -0.2) is 12.3 Å². The Labute approximate surface area is 102 Å². The third kappa shape index (κ3) is 2.17. The van der Waals surface area contributed by atoms with Gasteiger partial charge in [-0.2, -0.15) is 11.3 Å². The lowest BCUT2D eigenvalue weighted by Gasteiger charge is -2.15. The molecule has 1 aromatic heterocycles. The quantitative estimate of drug-likeness (QED) is 0.869. The molecule has 0 saturated heterocycles. The van der Waals surface area contributed by atoms with Gasteiger partial charge >= 0.3 is 0 Å². The highest BCUT2D eigenvalue weighted by Crippen LogP contribution is 2.35. The molecule has 0 aliphatic heterocycles. The minimum absolute atomic E-state index is 0.154. The van der Waals surface area contributed by atoms with Crippen LogP contribution in [-0.2, 0) is 0 Å². The molecule has 2 atom stereocenters. The van der Waals surface area contributed by atoms with Gasteiger partial charge in [-0.1, -0.05) is 6.42 Å². The molecule has 1 heterocycles. The molecule has 0 radical (unpaired) electrons. The average Bonchev–Trinajstić information content (AvgIpc) is 2.84. The number of nitrogens with two attached hydrogens (primary N) is 1. The van der Waals surface area contributed by atoms with E-state index in [9.17, 15) is 4.79 Å². The Balaban J connectivity index is 2.18. The monoisotopic (exact) mass is 287 g/mol. The zero-order valence-electron chi connectivity index (χ0n) is 8.41. The van der Waals surface area contributed by atoms with Crippen LogP contribution in [0.5, 0.6) is 0 Å². The molecule has 0 aromatic carbocycles. The third-order valence-corrected chi connectivity index (χ3v) is 4.88. The summed E-state index contributed by atoms with van der Waals surface area (Å²) in [7, 11) is 0. The molecular weight excluding hydrogens is 274 g/mol. The number of halogens is 1. The van der Waals surface area contributed by atoms with Crippen LogP contribution in [0.15, 0.2) is 15.2 Å². The van der Waals surface area contributed by atoms with Crippen LogP contribution in [0.4, 0.5) is 0 Å². The first-order chi connectivity index (χ1) is 7.24. The van der Waals surface area contributed by atoms with Gasteiger partial charge in [-0.25, -0.2) is 0 Å². The van der Waals surface area contributed by atoms with Crippen LogP contribution in [0.1, 0.15) is 29.6 Å². The van der Waals surface area contributed by atoms with Crippen molar-refractivity contribution in [3.05, 3.63) is 20.8 Å². The normalized spacial score (nSPS) is 25.7. The number of hydrogen-bond acceptors (Lipinski definition) is 3. The van der Waals surface area contributed by atoms with Crippen molar-refractivity contribution in [3.8, 4) is 0 Å². The first-order valence-electron chi connectivity index (χ1n) is 5.20. The molecule has 1 aliphatic carbocycles. The molecule has 1 saturated carbocycles. The maximum atomic E-state index is 12.2. The zero-order valence-corrected chi connectivity index (χ0v) is 10.8. The van der Waals surface area contributed by atoms with Crippen LogP contribution in [0, 0.1) is 11.8 Å². The number of ketones is 1. The van der Waals surface area contributed by atoms with Gasteiger partial charge in [-0.15, -0.1) is 0 Å². The number of rotatable bonds is 3. The van der Waals surface area contributed by atoms with E-state index in [1.807, 2.05) is 10.8 Å². The highest BCUT2D eigenvalue weighted by atomic mass is 79.9. The Morgan fingerprint density at radius 3 is 2.93 bits per heavy atom. The molecule has 82 valence electrons. The first kappa shape index (κ1) is 11.3. The summed E-state index contributed by atoms with van der Waals surface area (Å²) in [6.07, 6.45) is 3.25. The number of thiophene rings is 1. The van der Waals surface area contributed by atoms with Gasteiger partial charge in [0.2, 0.25) is 0 Å². The summed E-state index contributed by atoms with van der Waals surface area (Å²) < 4.78 is 0.931. The third-order valence-electron chi connectivity index (χ3n) is 3.18. The van der Waals surface area contributed by atoms with Crippen molar-refractivity contribution in [2.24, 2.45) is 17.6 Å². The van der Waals surface area contributed by atoms with Crippen molar-refractivity contribution >= 4 is 33.0 Å². The van der Waals surface area contributed by atoms with Crippen LogP contribution < -0.4 is 5.73 Å². The molecule has 0 unspecified atom stereocenters. The highest BCUT2D eigenvalue weighted by molar-refractivity contribution is 9.10. The Hall–Kier alpha value is -0.190. The van der Waals surface area contributed by atoms with Crippen molar-refractivity contribution in [1.29, 1.82) is 0 Å². The average molecular weight is 288 g/mol. The topological polar surface area (TPSA) is 43.1 Å². The second-order valence-electron chi connectivity index (χ2n) is 4.03.